The van der Waals surface area contributed by atoms with Crippen LogP contribution in [0.15, 0.2) is 47.9 Å². The van der Waals surface area contributed by atoms with E-state index in [0.717, 1.165) is 45.2 Å². The zero-order valence-electron chi connectivity index (χ0n) is 19.5. The van der Waals surface area contributed by atoms with Crippen LogP contribution in [0.25, 0.3) is 11.3 Å². The van der Waals surface area contributed by atoms with Crippen molar-refractivity contribution in [3.05, 3.63) is 65.0 Å². The molecule has 2 aromatic rings. The summed E-state index contributed by atoms with van der Waals surface area (Å²) in [6, 6.07) is 7.38. The number of nitrogens with zero attached hydrogens (tertiary/aromatic N) is 5. The van der Waals surface area contributed by atoms with E-state index in [1.54, 1.807) is 17.0 Å². The molecule has 0 N–H and O–H groups in total. The summed E-state index contributed by atoms with van der Waals surface area (Å²) >= 11 is 0. The third kappa shape index (κ3) is 5.76. The molecule has 2 fully saturated rings. The van der Waals surface area contributed by atoms with Crippen LogP contribution in [0.3, 0.4) is 0 Å². The molecule has 1 aromatic heterocycles. The molecule has 0 atom stereocenters. The molecule has 35 heavy (non-hydrogen) atoms. The fourth-order valence-electron chi connectivity index (χ4n) is 4.58. The van der Waals surface area contributed by atoms with Crippen molar-refractivity contribution >= 4 is 5.91 Å². The van der Waals surface area contributed by atoms with Gasteiger partial charge in [-0.25, -0.2) is 13.2 Å². The van der Waals surface area contributed by atoms with Gasteiger partial charge in [0.15, 0.2) is 5.69 Å². The van der Waals surface area contributed by atoms with Crippen LogP contribution in [0.1, 0.15) is 48.2 Å². The van der Waals surface area contributed by atoms with Crippen molar-refractivity contribution in [1.29, 1.82) is 5.26 Å². The van der Waals surface area contributed by atoms with Gasteiger partial charge in [-0.15, -0.1) is 0 Å². The number of hydrogen-bond donors (Lipinski definition) is 0. The Morgan fingerprint density at radius 3 is 2.40 bits per heavy atom. The van der Waals surface area contributed by atoms with E-state index in [4.69, 9.17) is 5.26 Å². The monoisotopic (exact) mass is 483 g/mol. The molecule has 0 unspecified atom stereocenters. The number of amides is 1. The SMILES string of the molecule is N#Cc1ccc(-c2cc(C(=O)N3CCCCC3)nn2C/C(F)=C\C(=C/CF)N2CCCC2)cc1F. The second-order valence-electron chi connectivity index (χ2n) is 8.80. The van der Waals surface area contributed by atoms with Crippen molar-refractivity contribution < 1.29 is 18.0 Å². The summed E-state index contributed by atoms with van der Waals surface area (Å²) in [4.78, 5) is 16.7. The van der Waals surface area contributed by atoms with Crippen LogP contribution in [0.4, 0.5) is 13.2 Å². The number of carbonyl (C=O) groups is 1. The van der Waals surface area contributed by atoms with E-state index >= 15 is 4.39 Å². The number of carbonyl (C=O) groups excluding carboxylic acids is 1. The molecule has 0 spiro atoms. The average Bonchev–Trinajstić information content (AvgIpc) is 3.54. The summed E-state index contributed by atoms with van der Waals surface area (Å²) in [6.07, 6.45) is 7.46. The third-order valence-electron chi connectivity index (χ3n) is 6.39. The van der Waals surface area contributed by atoms with Crippen molar-refractivity contribution in [3.63, 3.8) is 0 Å². The summed E-state index contributed by atoms with van der Waals surface area (Å²) < 4.78 is 43.9. The van der Waals surface area contributed by atoms with E-state index in [9.17, 15) is 13.6 Å². The van der Waals surface area contributed by atoms with E-state index in [-0.39, 0.29) is 23.7 Å². The Bertz CT molecular complexity index is 1170. The Labute approximate surface area is 202 Å². The first-order chi connectivity index (χ1) is 17.0. The number of hydrogen-bond acceptors (Lipinski definition) is 4. The highest BCUT2D eigenvalue weighted by Gasteiger charge is 2.23. The highest BCUT2D eigenvalue weighted by atomic mass is 19.1. The topological polar surface area (TPSA) is 65.2 Å². The van der Waals surface area contributed by atoms with Crippen molar-refractivity contribution in [1.82, 2.24) is 19.6 Å². The summed E-state index contributed by atoms with van der Waals surface area (Å²) in [5, 5.41) is 13.4. The van der Waals surface area contributed by atoms with Crippen LogP contribution in [0.5, 0.6) is 0 Å². The van der Waals surface area contributed by atoms with E-state index in [1.807, 2.05) is 4.90 Å². The van der Waals surface area contributed by atoms with E-state index in [1.165, 1.54) is 35.0 Å². The Hall–Kier alpha value is -3.54. The fraction of sp³-hybridized carbons (Fsp3) is 0.423. The van der Waals surface area contributed by atoms with Crippen LogP contribution in [0.2, 0.25) is 0 Å². The standard InChI is InChI=1S/C26H28F3N5O/c27-9-8-22(32-10-4-5-11-32)15-21(28)18-34-25(19-6-7-20(17-30)23(29)14-19)16-24(31-34)26(35)33-12-2-1-3-13-33/h6-8,14-16H,1-5,9-13,18H2/b21-15+,22-8+. The number of benzene rings is 1. The maximum Gasteiger partial charge on any atom is 0.274 e. The number of piperidine rings is 1. The zero-order chi connectivity index (χ0) is 24.8. The second-order valence-corrected chi connectivity index (χ2v) is 8.80. The first-order valence-corrected chi connectivity index (χ1v) is 11.9. The van der Waals surface area contributed by atoms with Crippen LogP contribution in [0, 0.1) is 17.1 Å². The minimum absolute atomic E-state index is 0.109. The maximum absolute atomic E-state index is 15.2. The average molecular weight is 484 g/mol. The molecule has 1 aromatic carbocycles. The third-order valence-corrected chi connectivity index (χ3v) is 6.39. The first-order valence-electron chi connectivity index (χ1n) is 11.9. The number of nitriles is 1. The van der Waals surface area contributed by atoms with E-state index in [0.29, 0.717) is 30.0 Å². The van der Waals surface area contributed by atoms with Crippen molar-refractivity contribution in [2.75, 3.05) is 32.9 Å². The number of likely N-dealkylation sites (tertiary alicyclic amines) is 2. The number of alkyl halides is 1. The number of rotatable bonds is 7. The van der Waals surface area contributed by atoms with Crippen molar-refractivity contribution in [3.8, 4) is 17.3 Å². The van der Waals surface area contributed by atoms with Crippen LogP contribution in [-0.4, -0.2) is 58.3 Å². The van der Waals surface area contributed by atoms with Gasteiger partial charge in [-0.05, 0) is 62.5 Å². The van der Waals surface area contributed by atoms with Gasteiger partial charge < -0.3 is 9.80 Å². The fourth-order valence-corrected chi connectivity index (χ4v) is 4.58. The minimum Gasteiger partial charge on any atom is -0.372 e. The van der Waals surface area contributed by atoms with Crippen LogP contribution in [-0.2, 0) is 6.54 Å². The second kappa shape index (κ2) is 11.3. The summed E-state index contributed by atoms with van der Waals surface area (Å²) in [7, 11) is 0. The molecule has 2 saturated heterocycles. The van der Waals surface area contributed by atoms with Gasteiger partial charge in [0.25, 0.3) is 5.91 Å². The molecule has 9 heteroatoms. The number of halogens is 3. The zero-order valence-corrected chi connectivity index (χ0v) is 19.5. The smallest absolute Gasteiger partial charge is 0.274 e. The quantitative estimate of drug-likeness (QED) is 0.521. The predicted octanol–water partition coefficient (Wildman–Crippen LogP) is 4.99. The maximum atomic E-state index is 15.2. The van der Waals surface area contributed by atoms with Gasteiger partial charge in [0, 0.05) is 37.4 Å². The predicted molar refractivity (Wildman–Crippen MR) is 126 cm³/mol. The number of aromatic nitrogens is 2. The molecule has 0 aliphatic carbocycles. The molecule has 2 aliphatic rings. The Kier molecular flexibility index (Phi) is 7.91. The number of allylic oxidation sites excluding steroid dienone is 3. The van der Waals surface area contributed by atoms with E-state index in [2.05, 4.69) is 5.10 Å². The molecule has 1 amide bonds. The molecular formula is C26H28F3N5O. The van der Waals surface area contributed by atoms with Gasteiger partial charge in [-0.1, -0.05) is 6.07 Å². The van der Waals surface area contributed by atoms with Gasteiger partial charge in [0.1, 0.15) is 24.4 Å². The lowest BCUT2D eigenvalue weighted by Crippen LogP contribution is -2.35. The molecule has 0 bridgehead atoms. The lowest BCUT2D eigenvalue weighted by atomic mass is 10.1. The highest BCUT2D eigenvalue weighted by Crippen LogP contribution is 2.26. The molecule has 0 radical (unpaired) electrons. The summed E-state index contributed by atoms with van der Waals surface area (Å²) in [5.41, 5.74) is 1.25. The Balaban J connectivity index is 1.67. The van der Waals surface area contributed by atoms with Crippen LogP contribution < -0.4 is 0 Å². The summed E-state index contributed by atoms with van der Waals surface area (Å²) in [6.45, 7) is 1.73. The molecular weight excluding hydrogens is 455 g/mol. The van der Waals surface area contributed by atoms with Gasteiger partial charge in [0.05, 0.1) is 17.8 Å². The molecule has 2 aliphatic heterocycles. The highest BCUT2D eigenvalue weighted by molar-refractivity contribution is 5.93. The minimum atomic E-state index is -0.708. The Morgan fingerprint density at radius 2 is 1.74 bits per heavy atom. The largest absolute Gasteiger partial charge is 0.372 e. The van der Waals surface area contributed by atoms with E-state index < -0.39 is 18.3 Å². The first kappa shape index (κ1) is 24.6. The lowest BCUT2D eigenvalue weighted by Gasteiger charge is -2.25. The molecule has 184 valence electrons. The normalized spacial score (nSPS) is 17.1. The molecule has 0 saturated carbocycles. The molecule has 6 nitrogen and oxygen atoms in total. The van der Waals surface area contributed by atoms with Gasteiger partial charge in [-0.3, -0.25) is 9.48 Å². The molecule has 3 heterocycles. The lowest BCUT2D eigenvalue weighted by molar-refractivity contribution is 0.0717. The van der Waals surface area contributed by atoms with Gasteiger partial charge >= 0.3 is 0 Å². The van der Waals surface area contributed by atoms with Gasteiger partial charge in [0.2, 0.25) is 0 Å². The van der Waals surface area contributed by atoms with Crippen molar-refractivity contribution in [2.45, 2.75) is 38.6 Å². The van der Waals surface area contributed by atoms with Gasteiger partial charge in [-0.2, -0.15) is 10.4 Å². The summed E-state index contributed by atoms with van der Waals surface area (Å²) in [5.74, 6) is -1.52. The van der Waals surface area contributed by atoms with Crippen molar-refractivity contribution in [2.24, 2.45) is 0 Å². The molecule has 4 rings (SSSR count). The van der Waals surface area contributed by atoms with Crippen LogP contribution >= 0.6 is 0 Å². The Morgan fingerprint density at radius 1 is 1.06 bits per heavy atom.